The molecule has 2 heterocycles. The number of nitrogens with zero attached hydrogens (tertiary/aromatic N) is 3. The van der Waals surface area contributed by atoms with Gasteiger partial charge in [0, 0.05) is 60.0 Å². The Hall–Kier alpha value is -4.12. The number of nitrogens with one attached hydrogen (secondary N) is 2. The predicted molar refractivity (Wildman–Crippen MR) is 172 cm³/mol. The lowest BCUT2D eigenvalue weighted by Gasteiger charge is -2.38. The fourth-order valence-corrected chi connectivity index (χ4v) is 5.76. The molecule has 0 aliphatic carbocycles. The largest absolute Gasteiger partial charge is 0.439 e. The van der Waals surface area contributed by atoms with Crippen molar-refractivity contribution in [2.75, 3.05) is 34.3 Å². The molecule has 0 atom stereocenters. The molecule has 0 bridgehead atoms. The van der Waals surface area contributed by atoms with Crippen molar-refractivity contribution in [2.24, 2.45) is 0 Å². The molecule has 0 unspecified atom stereocenters. The number of anilines is 3. The van der Waals surface area contributed by atoms with E-state index < -0.39 is 10.0 Å². The molecule has 1 fully saturated rings. The molecule has 1 saturated heterocycles. The number of carbonyl (C=O) groups is 1. The van der Waals surface area contributed by atoms with Crippen LogP contribution in [0.2, 0.25) is 5.02 Å². The van der Waals surface area contributed by atoms with Crippen molar-refractivity contribution in [2.45, 2.75) is 32.4 Å². The molecule has 0 saturated carbocycles. The monoisotopic (exact) mass is 619 g/mol. The van der Waals surface area contributed by atoms with Crippen molar-refractivity contribution in [3.63, 3.8) is 0 Å². The molecule has 0 spiro atoms. The minimum atomic E-state index is -3.34. The minimum absolute atomic E-state index is 0.0540. The van der Waals surface area contributed by atoms with Gasteiger partial charge in [0.25, 0.3) is 0 Å². The summed E-state index contributed by atoms with van der Waals surface area (Å²) in [5.41, 5.74) is 4.21. The molecule has 2 amide bonds. The van der Waals surface area contributed by atoms with Crippen LogP contribution in [0.5, 0.6) is 11.6 Å². The van der Waals surface area contributed by atoms with Crippen molar-refractivity contribution in [1.29, 1.82) is 0 Å². The number of pyridine rings is 1. The zero-order valence-corrected chi connectivity index (χ0v) is 25.6. The summed E-state index contributed by atoms with van der Waals surface area (Å²) < 4.78 is 31.0. The highest BCUT2D eigenvalue weighted by Gasteiger charge is 2.29. The first kappa shape index (κ1) is 30.3. The van der Waals surface area contributed by atoms with Gasteiger partial charge < -0.3 is 10.1 Å². The van der Waals surface area contributed by atoms with Gasteiger partial charge in [-0.05, 0) is 91.6 Å². The highest BCUT2D eigenvalue weighted by Crippen LogP contribution is 2.27. The van der Waals surface area contributed by atoms with Crippen LogP contribution in [0.25, 0.3) is 0 Å². The van der Waals surface area contributed by atoms with Crippen molar-refractivity contribution in [3.05, 3.63) is 107 Å². The molecular formula is C32H34ClN5O4S. The third-order valence-corrected chi connectivity index (χ3v) is 7.96. The molecule has 43 heavy (non-hydrogen) atoms. The number of ether oxygens (including phenoxy) is 1. The fraction of sp³-hybridized carbons (Fsp3) is 0.250. The first-order chi connectivity index (χ1) is 20.6. The first-order valence-electron chi connectivity index (χ1n) is 14.0. The Morgan fingerprint density at radius 2 is 1.70 bits per heavy atom. The highest BCUT2D eigenvalue weighted by molar-refractivity contribution is 7.92. The lowest BCUT2D eigenvalue weighted by atomic mass is 10.0. The van der Waals surface area contributed by atoms with Crippen LogP contribution in [-0.4, -0.2) is 49.7 Å². The molecule has 3 aromatic carbocycles. The Labute approximate surface area is 257 Å². The zero-order chi connectivity index (χ0) is 30.4. The Morgan fingerprint density at radius 1 is 1.00 bits per heavy atom. The Kier molecular flexibility index (Phi) is 9.49. The Morgan fingerprint density at radius 3 is 2.33 bits per heavy atom. The van der Waals surface area contributed by atoms with Crippen LogP contribution in [0, 0.1) is 6.92 Å². The summed E-state index contributed by atoms with van der Waals surface area (Å²) in [7, 11) is -3.34. The van der Waals surface area contributed by atoms with Gasteiger partial charge in [-0.3, -0.25) is 14.5 Å². The smallest absolute Gasteiger partial charge is 0.326 e. The third-order valence-electron chi connectivity index (χ3n) is 7.10. The average molecular weight is 620 g/mol. The van der Waals surface area contributed by atoms with Gasteiger partial charge >= 0.3 is 6.03 Å². The number of aryl methyl sites for hydroxylation is 1. The van der Waals surface area contributed by atoms with Crippen LogP contribution < -0.4 is 19.7 Å². The maximum Gasteiger partial charge on any atom is 0.326 e. The molecule has 224 valence electrons. The van der Waals surface area contributed by atoms with Crippen molar-refractivity contribution >= 4 is 44.7 Å². The second-order valence-corrected chi connectivity index (χ2v) is 12.8. The van der Waals surface area contributed by atoms with E-state index in [1.54, 1.807) is 54.7 Å². The summed E-state index contributed by atoms with van der Waals surface area (Å²) in [4.78, 5) is 22.2. The van der Waals surface area contributed by atoms with E-state index in [0.717, 1.165) is 55.5 Å². The predicted octanol–water partition coefficient (Wildman–Crippen LogP) is 6.91. The molecule has 11 heteroatoms. The van der Waals surface area contributed by atoms with Crippen LogP contribution in [0.15, 0.2) is 91.1 Å². The number of hydrogen-bond acceptors (Lipinski definition) is 6. The van der Waals surface area contributed by atoms with Gasteiger partial charge in [0.15, 0.2) is 0 Å². The third kappa shape index (κ3) is 8.70. The standard InChI is InChI=1S/C32H34ClN5O4S/c1-23-4-3-5-29(20-23)38(32(39)35-26-9-7-25(33)8-10-26)28-16-18-37(19-17-28)22-24-6-15-31(34-21-24)42-30-13-11-27(12-14-30)36-43(2,40)41/h3-15,20-21,28,36H,16-19,22H2,1-2H3,(H,35,39). The van der Waals surface area contributed by atoms with Crippen LogP contribution in [0.3, 0.4) is 0 Å². The molecule has 9 nitrogen and oxygen atoms in total. The maximum atomic E-state index is 13.5. The second-order valence-electron chi connectivity index (χ2n) is 10.7. The molecule has 1 aliphatic rings. The molecular weight excluding hydrogens is 586 g/mol. The van der Waals surface area contributed by atoms with Gasteiger partial charge in [0.1, 0.15) is 5.75 Å². The van der Waals surface area contributed by atoms with E-state index in [4.69, 9.17) is 16.3 Å². The number of hydrogen-bond donors (Lipinski definition) is 2. The number of halogens is 1. The molecule has 0 radical (unpaired) electrons. The highest BCUT2D eigenvalue weighted by atomic mass is 35.5. The van der Waals surface area contributed by atoms with Crippen LogP contribution in [0.1, 0.15) is 24.0 Å². The topological polar surface area (TPSA) is 104 Å². The van der Waals surface area contributed by atoms with E-state index >= 15 is 0 Å². The first-order valence-corrected chi connectivity index (χ1v) is 16.2. The molecule has 5 rings (SSSR count). The maximum absolute atomic E-state index is 13.5. The number of amides is 2. The molecule has 2 N–H and O–H groups in total. The summed E-state index contributed by atoms with van der Waals surface area (Å²) in [5, 5.41) is 3.66. The Balaban J connectivity index is 1.18. The van der Waals surface area contributed by atoms with Gasteiger partial charge in [-0.1, -0.05) is 29.8 Å². The van der Waals surface area contributed by atoms with Crippen molar-refractivity contribution in [1.82, 2.24) is 9.88 Å². The van der Waals surface area contributed by atoms with Gasteiger partial charge in [0.05, 0.1) is 6.26 Å². The molecule has 1 aliphatic heterocycles. The van der Waals surface area contributed by atoms with Gasteiger partial charge in [0.2, 0.25) is 15.9 Å². The number of rotatable bonds is 9. The SMILES string of the molecule is Cc1cccc(N(C(=O)Nc2ccc(Cl)cc2)C2CCN(Cc3ccc(Oc4ccc(NS(C)(=O)=O)cc4)nc3)CC2)c1. The quantitative estimate of drug-likeness (QED) is 0.211. The average Bonchev–Trinajstić information content (AvgIpc) is 2.97. The summed E-state index contributed by atoms with van der Waals surface area (Å²) in [6.07, 6.45) is 4.58. The van der Waals surface area contributed by atoms with E-state index in [-0.39, 0.29) is 12.1 Å². The normalized spacial score (nSPS) is 14.2. The van der Waals surface area contributed by atoms with Crippen molar-refractivity contribution < 1.29 is 17.9 Å². The zero-order valence-electron chi connectivity index (χ0n) is 24.0. The number of sulfonamides is 1. The Bertz CT molecular complexity index is 1640. The van der Waals surface area contributed by atoms with Crippen molar-refractivity contribution in [3.8, 4) is 11.6 Å². The number of likely N-dealkylation sites (tertiary alicyclic amines) is 1. The summed E-state index contributed by atoms with van der Waals surface area (Å²) in [6, 6.07) is 25.5. The van der Waals surface area contributed by atoms with E-state index in [0.29, 0.717) is 28.0 Å². The van der Waals surface area contributed by atoms with Gasteiger partial charge in [-0.25, -0.2) is 18.2 Å². The number of benzene rings is 3. The second kappa shape index (κ2) is 13.5. The van der Waals surface area contributed by atoms with E-state index in [1.807, 2.05) is 48.2 Å². The fourth-order valence-electron chi connectivity index (χ4n) is 5.07. The lowest BCUT2D eigenvalue weighted by Crippen LogP contribution is -2.49. The van der Waals surface area contributed by atoms with E-state index in [2.05, 4.69) is 19.9 Å². The van der Waals surface area contributed by atoms with E-state index in [9.17, 15) is 13.2 Å². The summed E-state index contributed by atoms with van der Waals surface area (Å²) in [6.45, 7) is 4.45. The number of piperidine rings is 1. The summed E-state index contributed by atoms with van der Waals surface area (Å²) in [5.74, 6) is 1.01. The van der Waals surface area contributed by atoms with Crippen LogP contribution >= 0.6 is 11.6 Å². The number of aromatic nitrogens is 1. The molecule has 4 aromatic rings. The lowest BCUT2D eigenvalue weighted by molar-refractivity contribution is 0.199. The van der Waals surface area contributed by atoms with E-state index in [1.165, 1.54) is 0 Å². The summed E-state index contributed by atoms with van der Waals surface area (Å²) >= 11 is 6.02. The molecule has 1 aromatic heterocycles. The number of urea groups is 1. The number of carbonyl (C=O) groups excluding carboxylic acids is 1. The van der Waals surface area contributed by atoms with Crippen LogP contribution in [0.4, 0.5) is 21.9 Å². The van der Waals surface area contributed by atoms with Gasteiger partial charge in [-0.2, -0.15) is 0 Å². The van der Waals surface area contributed by atoms with Gasteiger partial charge in [-0.15, -0.1) is 0 Å². The minimum Gasteiger partial charge on any atom is -0.439 e. The van der Waals surface area contributed by atoms with Crippen LogP contribution in [-0.2, 0) is 16.6 Å².